The largest absolute Gasteiger partial charge is 0.495 e. The van der Waals surface area contributed by atoms with Crippen LogP contribution in [0.3, 0.4) is 0 Å². The maximum atomic E-state index is 5.86. The fourth-order valence-electron chi connectivity index (χ4n) is 1.95. The Morgan fingerprint density at radius 2 is 1.68 bits per heavy atom. The van der Waals surface area contributed by atoms with Crippen LogP contribution in [0.15, 0.2) is 30.9 Å². The summed E-state index contributed by atoms with van der Waals surface area (Å²) >= 11 is 0. The molecule has 1 aliphatic rings. The highest BCUT2D eigenvalue weighted by Gasteiger charge is 2.50. The molecule has 7 nitrogen and oxygen atoms in total. The molecule has 0 unspecified atom stereocenters. The Morgan fingerprint density at radius 3 is 2.32 bits per heavy atom. The van der Waals surface area contributed by atoms with E-state index in [2.05, 4.69) is 10.1 Å². The maximum absolute atomic E-state index is 5.86. The lowest BCUT2D eigenvalue weighted by Crippen LogP contribution is -2.41. The van der Waals surface area contributed by atoms with Crippen LogP contribution in [-0.4, -0.2) is 33.1 Å². The number of nitrogens with zero attached hydrogens (tertiary/aromatic N) is 4. The molecule has 0 aromatic carbocycles. The molecule has 0 amide bonds. The van der Waals surface area contributed by atoms with Crippen molar-refractivity contribution in [3.05, 3.63) is 30.9 Å². The zero-order valence-corrected chi connectivity index (χ0v) is 13.4. The van der Waals surface area contributed by atoms with Crippen LogP contribution in [0.1, 0.15) is 27.7 Å². The lowest BCUT2D eigenvalue weighted by molar-refractivity contribution is -0.0273. The predicted octanol–water partition coefficient (Wildman–Crippen LogP) is 2.52. The molecule has 118 valence electrons. The van der Waals surface area contributed by atoms with Crippen LogP contribution in [0.5, 0.6) is 5.75 Å². The Bertz CT molecular complexity index is 665. The van der Waals surface area contributed by atoms with E-state index in [4.69, 9.17) is 14.4 Å². The SMILES string of the molecule is COc1cncc(-n2cc(N3OC(C)(C)C(C)(C)O3)cn2)c1. The molecule has 7 heteroatoms. The van der Waals surface area contributed by atoms with Crippen LogP contribution in [0, 0.1) is 0 Å². The lowest BCUT2D eigenvalue weighted by atomic mass is 9.90. The number of anilines is 1. The second kappa shape index (κ2) is 4.96. The van der Waals surface area contributed by atoms with Gasteiger partial charge in [0.15, 0.2) is 0 Å². The van der Waals surface area contributed by atoms with Gasteiger partial charge in [0, 0.05) is 6.07 Å². The molecule has 3 heterocycles. The number of pyridine rings is 1. The number of methoxy groups -OCH3 is 1. The number of hydrogen-bond donors (Lipinski definition) is 0. The van der Waals surface area contributed by atoms with Gasteiger partial charge in [-0.1, -0.05) is 0 Å². The number of ether oxygens (including phenoxy) is 1. The molecule has 0 bridgehead atoms. The van der Waals surface area contributed by atoms with E-state index in [0.717, 1.165) is 5.69 Å². The molecule has 0 spiro atoms. The van der Waals surface area contributed by atoms with E-state index in [9.17, 15) is 0 Å². The molecule has 0 atom stereocenters. The first-order valence-electron chi connectivity index (χ1n) is 7.05. The third-order valence-corrected chi connectivity index (χ3v) is 4.05. The first-order chi connectivity index (χ1) is 10.3. The maximum Gasteiger partial charge on any atom is 0.139 e. The van der Waals surface area contributed by atoms with Crippen molar-refractivity contribution in [3.63, 3.8) is 0 Å². The van der Waals surface area contributed by atoms with Gasteiger partial charge in [-0.25, -0.2) is 14.4 Å². The third kappa shape index (κ3) is 2.42. The molecule has 22 heavy (non-hydrogen) atoms. The minimum absolute atomic E-state index is 0.438. The van der Waals surface area contributed by atoms with Crippen LogP contribution in [-0.2, 0) is 9.68 Å². The van der Waals surface area contributed by atoms with Crippen LogP contribution in [0.4, 0.5) is 5.69 Å². The summed E-state index contributed by atoms with van der Waals surface area (Å²) in [4.78, 5) is 15.8. The van der Waals surface area contributed by atoms with Gasteiger partial charge in [-0.15, -0.1) is 5.23 Å². The predicted molar refractivity (Wildman–Crippen MR) is 80.7 cm³/mol. The highest BCUT2D eigenvalue weighted by Crippen LogP contribution is 2.39. The van der Waals surface area contributed by atoms with Crippen molar-refractivity contribution in [2.24, 2.45) is 0 Å². The van der Waals surface area contributed by atoms with E-state index in [1.165, 1.54) is 5.23 Å². The standard InChI is InChI=1S/C15H20N4O3/c1-14(2)15(3,4)22-19(21-14)12-8-17-18(10-12)11-6-13(20-5)9-16-7-11/h6-10H,1-5H3. The molecule has 0 radical (unpaired) electrons. The zero-order valence-electron chi connectivity index (χ0n) is 13.4. The fourth-order valence-corrected chi connectivity index (χ4v) is 1.95. The summed E-state index contributed by atoms with van der Waals surface area (Å²) in [6, 6.07) is 1.85. The normalized spacial score (nSPS) is 19.4. The molecule has 3 rings (SSSR count). The molecule has 1 saturated heterocycles. The van der Waals surface area contributed by atoms with Gasteiger partial charge in [0.05, 0.1) is 37.6 Å². The average molecular weight is 304 g/mol. The topological polar surface area (TPSA) is 61.6 Å². The van der Waals surface area contributed by atoms with Gasteiger partial charge in [0.25, 0.3) is 0 Å². The molecule has 0 aliphatic carbocycles. The Kier molecular flexibility index (Phi) is 3.34. The van der Waals surface area contributed by atoms with Gasteiger partial charge in [-0.3, -0.25) is 4.98 Å². The number of aromatic nitrogens is 3. The Balaban J connectivity index is 1.86. The van der Waals surface area contributed by atoms with Crippen LogP contribution >= 0.6 is 0 Å². The second-order valence-electron chi connectivity index (χ2n) is 6.19. The average Bonchev–Trinajstić information content (AvgIpc) is 3.02. The molecular weight excluding hydrogens is 284 g/mol. The fraction of sp³-hybridized carbons (Fsp3) is 0.467. The highest BCUT2D eigenvalue weighted by atomic mass is 17.0. The van der Waals surface area contributed by atoms with E-state index >= 15 is 0 Å². The van der Waals surface area contributed by atoms with Crippen LogP contribution in [0.2, 0.25) is 0 Å². The van der Waals surface area contributed by atoms with Gasteiger partial charge >= 0.3 is 0 Å². The molecule has 1 fully saturated rings. The van der Waals surface area contributed by atoms with Crippen molar-refractivity contribution in [2.45, 2.75) is 38.9 Å². The van der Waals surface area contributed by atoms with Crippen molar-refractivity contribution in [1.29, 1.82) is 0 Å². The minimum Gasteiger partial charge on any atom is -0.495 e. The Labute approximate surface area is 129 Å². The van der Waals surface area contributed by atoms with E-state index in [0.29, 0.717) is 11.4 Å². The van der Waals surface area contributed by atoms with E-state index in [-0.39, 0.29) is 0 Å². The van der Waals surface area contributed by atoms with Crippen molar-refractivity contribution in [2.75, 3.05) is 12.3 Å². The van der Waals surface area contributed by atoms with Crippen LogP contribution < -0.4 is 9.96 Å². The van der Waals surface area contributed by atoms with E-state index in [1.54, 1.807) is 30.4 Å². The van der Waals surface area contributed by atoms with Gasteiger partial charge in [0.2, 0.25) is 0 Å². The summed E-state index contributed by atoms with van der Waals surface area (Å²) in [6.07, 6.45) is 6.84. The Hall–Kier alpha value is -2.12. The quantitative estimate of drug-likeness (QED) is 0.868. The molecule has 0 saturated carbocycles. The summed E-state index contributed by atoms with van der Waals surface area (Å²) in [7, 11) is 1.60. The number of hydrogen-bond acceptors (Lipinski definition) is 6. The van der Waals surface area contributed by atoms with Gasteiger partial charge in [-0.05, 0) is 27.7 Å². The third-order valence-electron chi connectivity index (χ3n) is 4.05. The first kappa shape index (κ1) is 14.8. The number of rotatable bonds is 3. The van der Waals surface area contributed by atoms with Gasteiger partial charge in [-0.2, -0.15) is 5.10 Å². The van der Waals surface area contributed by atoms with Crippen molar-refractivity contribution < 1.29 is 14.4 Å². The van der Waals surface area contributed by atoms with Crippen LogP contribution in [0.25, 0.3) is 5.69 Å². The van der Waals surface area contributed by atoms with E-state index < -0.39 is 11.2 Å². The highest BCUT2D eigenvalue weighted by molar-refractivity contribution is 5.43. The summed E-state index contributed by atoms with van der Waals surface area (Å²) in [5, 5.41) is 5.74. The molecular formula is C15H20N4O3. The second-order valence-corrected chi connectivity index (χ2v) is 6.19. The summed E-state index contributed by atoms with van der Waals surface area (Å²) in [5.41, 5.74) is 0.629. The summed E-state index contributed by atoms with van der Waals surface area (Å²) < 4.78 is 6.86. The summed E-state index contributed by atoms with van der Waals surface area (Å²) in [6.45, 7) is 7.96. The lowest BCUT2D eigenvalue weighted by Gasteiger charge is -2.26. The van der Waals surface area contributed by atoms with E-state index in [1.807, 2.05) is 40.0 Å². The smallest absolute Gasteiger partial charge is 0.139 e. The molecule has 1 aliphatic heterocycles. The molecule has 0 N–H and O–H groups in total. The summed E-state index contributed by atoms with van der Waals surface area (Å²) in [5.74, 6) is 0.672. The van der Waals surface area contributed by atoms with Crippen molar-refractivity contribution >= 4 is 5.69 Å². The minimum atomic E-state index is -0.438. The first-order valence-corrected chi connectivity index (χ1v) is 7.05. The van der Waals surface area contributed by atoms with Gasteiger partial charge < -0.3 is 4.74 Å². The molecule has 2 aromatic rings. The molecule has 2 aromatic heterocycles. The Morgan fingerprint density at radius 1 is 1.00 bits per heavy atom. The monoisotopic (exact) mass is 304 g/mol. The van der Waals surface area contributed by atoms with Crippen molar-refractivity contribution in [1.82, 2.24) is 14.8 Å². The van der Waals surface area contributed by atoms with Crippen molar-refractivity contribution in [3.8, 4) is 11.4 Å². The van der Waals surface area contributed by atoms with Gasteiger partial charge in [0.1, 0.15) is 22.6 Å². The zero-order chi connectivity index (χ0) is 16.0.